The normalized spacial score (nSPS) is 11.0. The molecule has 1 N–H and O–H groups in total. The Balaban J connectivity index is 1.95. The molecule has 0 heterocycles. The van der Waals surface area contributed by atoms with Gasteiger partial charge in [-0.2, -0.15) is 4.39 Å². The Kier molecular flexibility index (Phi) is 9.46. The van der Waals surface area contributed by atoms with E-state index in [1.165, 1.54) is 0 Å². The summed E-state index contributed by atoms with van der Waals surface area (Å²) in [4.78, 5) is 14.3. The molecule has 0 aliphatic rings. The molecule has 0 radical (unpaired) electrons. The van der Waals surface area contributed by atoms with Crippen molar-refractivity contribution in [3.8, 4) is 11.5 Å². The van der Waals surface area contributed by atoms with Crippen molar-refractivity contribution in [2.75, 3.05) is 38.2 Å². The van der Waals surface area contributed by atoms with Crippen LogP contribution in [-0.2, 0) is 4.79 Å². The maximum absolute atomic E-state index is 14.0. The number of rotatable bonds is 10. The number of halogens is 5. The van der Waals surface area contributed by atoms with E-state index in [4.69, 9.17) is 21.1 Å². The first-order chi connectivity index (χ1) is 14.7. The SMILES string of the molecule is CCN(CC)CCOc1ccc(NC(=O)COc2c(F)c(F)c(C)c(F)c2Cl)cc1Br. The standard InChI is InChI=1S/C21H23BrClF3N2O3/c1-4-28(5-2)8-9-30-15-7-6-13(10-14(15)22)27-16(29)11-31-21-17(23)18(24)12(3)19(25)20(21)26/h6-7,10H,4-5,8-9,11H2,1-3H3,(H,27,29). The summed E-state index contributed by atoms with van der Waals surface area (Å²) in [5.41, 5.74) is -0.145. The average Bonchev–Trinajstić information content (AvgIpc) is 2.75. The van der Waals surface area contributed by atoms with E-state index in [0.717, 1.165) is 26.6 Å². The van der Waals surface area contributed by atoms with E-state index in [9.17, 15) is 18.0 Å². The second-order valence-corrected chi connectivity index (χ2v) is 7.80. The predicted molar refractivity (Wildman–Crippen MR) is 118 cm³/mol. The lowest BCUT2D eigenvalue weighted by molar-refractivity contribution is -0.118. The van der Waals surface area contributed by atoms with E-state index in [0.29, 0.717) is 22.5 Å². The zero-order chi connectivity index (χ0) is 23.1. The smallest absolute Gasteiger partial charge is 0.262 e. The van der Waals surface area contributed by atoms with Crippen LogP contribution in [0, 0.1) is 24.4 Å². The van der Waals surface area contributed by atoms with E-state index in [1.54, 1.807) is 18.2 Å². The minimum absolute atomic E-state index is 0.421. The zero-order valence-electron chi connectivity index (χ0n) is 17.3. The van der Waals surface area contributed by atoms with Crippen molar-refractivity contribution in [3.63, 3.8) is 0 Å². The lowest BCUT2D eigenvalue weighted by atomic mass is 10.2. The Labute approximate surface area is 192 Å². The van der Waals surface area contributed by atoms with Crippen molar-refractivity contribution in [1.29, 1.82) is 0 Å². The lowest BCUT2D eigenvalue weighted by Crippen LogP contribution is -2.27. The van der Waals surface area contributed by atoms with E-state index >= 15 is 0 Å². The Bertz CT molecular complexity index is 914. The largest absolute Gasteiger partial charge is 0.491 e. The third-order valence-corrected chi connectivity index (χ3v) is 5.52. The molecule has 0 atom stereocenters. The van der Waals surface area contributed by atoms with Crippen LogP contribution in [0.5, 0.6) is 11.5 Å². The molecule has 2 rings (SSSR count). The van der Waals surface area contributed by atoms with Crippen LogP contribution in [0.1, 0.15) is 19.4 Å². The van der Waals surface area contributed by atoms with Gasteiger partial charge in [0, 0.05) is 17.8 Å². The molecule has 0 fully saturated rings. The summed E-state index contributed by atoms with van der Waals surface area (Å²) < 4.78 is 52.8. The molecule has 2 aromatic carbocycles. The predicted octanol–water partition coefficient (Wildman–Crippen LogP) is 5.57. The Hall–Kier alpha value is -1.97. The van der Waals surface area contributed by atoms with Gasteiger partial charge in [-0.05, 0) is 54.1 Å². The van der Waals surface area contributed by atoms with Gasteiger partial charge in [0.25, 0.3) is 5.91 Å². The summed E-state index contributed by atoms with van der Waals surface area (Å²) in [6.45, 7) is 7.67. The van der Waals surface area contributed by atoms with Gasteiger partial charge < -0.3 is 19.7 Å². The van der Waals surface area contributed by atoms with Gasteiger partial charge in [0.15, 0.2) is 24.0 Å². The van der Waals surface area contributed by atoms with E-state index in [1.807, 2.05) is 0 Å². The fourth-order valence-electron chi connectivity index (χ4n) is 2.70. The number of likely N-dealkylation sites (N-methyl/N-ethyl adjacent to an activating group) is 1. The number of hydrogen-bond acceptors (Lipinski definition) is 4. The number of anilines is 1. The van der Waals surface area contributed by atoms with Crippen molar-refractivity contribution in [3.05, 3.63) is 50.7 Å². The first kappa shape index (κ1) is 25.3. The molecular weight excluding hydrogens is 501 g/mol. The van der Waals surface area contributed by atoms with Gasteiger partial charge in [0.1, 0.15) is 17.4 Å². The summed E-state index contributed by atoms with van der Waals surface area (Å²) in [6, 6.07) is 4.93. The van der Waals surface area contributed by atoms with Crippen molar-refractivity contribution >= 4 is 39.1 Å². The zero-order valence-corrected chi connectivity index (χ0v) is 19.7. The Morgan fingerprint density at radius 2 is 1.81 bits per heavy atom. The highest BCUT2D eigenvalue weighted by Crippen LogP contribution is 2.35. The van der Waals surface area contributed by atoms with Gasteiger partial charge in [0.2, 0.25) is 5.82 Å². The van der Waals surface area contributed by atoms with Crippen molar-refractivity contribution in [2.24, 2.45) is 0 Å². The summed E-state index contributed by atoms with van der Waals surface area (Å²) >= 11 is 9.06. The number of hydrogen-bond donors (Lipinski definition) is 1. The van der Waals surface area contributed by atoms with Gasteiger partial charge >= 0.3 is 0 Å². The highest BCUT2D eigenvalue weighted by molar-refractivity contribution is 9.10. The molecule has 0 aliphatic carbocycles. The molecule has 1 amide bonds. The monoisotopic (exact) mass is 522 g/mol. The first-order valence-corrected chi connectivity index (χ1v) is 10.8. The number of nitrogens with one attached hydrogen (secondary N) is 1. The molecular formula is C21H23BrClF3N2O3. The number of ether oxygens (including phenoxy) is 2. The van der Waals surface area contributed by atoms with Crippen LogP contribution in [0.4, 0.5) is 18.9 Å². The van der Waals surface area contributed by atoms with Gasteiger partial charge in [0.05, 0.1) is 4.47 Å². The molecule has 10 heteroatoms. The van der Waals surface area contributed by atoms with Crippen LogP contribution in [0.25, 0.3) is 0 Å². The molecule has 0 saturated carbocycles. The van der Waals surface area contributed by atoms with Crippen molar-refractivity contribution in [1.82, 2.24) is 4.90 Å². The molecule has 0 aliphatic heterocycles. The molecule has 0 unspecified atom stereocenters. The van der Waals surface area contributed by atoms with Crippen LogP contribution in [-0.4, -0.2) is 43.7 Å². The second kappa shape index (κ2) is 11.6. The fraction of sp³-hybridized carbons (Fsp3) is 0.381. The number of amides is 1. The molecule has 170 valence electrons. The second-order valence-electron chi connectivity index (χ2n) is 6.57. The molecule has 0 aromatic heterocycles. The average molecular weight is 524 g/mol. The molecule has 2 aromatic rings. The molecule has 31 heavy (non-hydrogen) atoms. The summed E-state index contributed by atoms with van der Waals surface area (Å²) in [7, 11) is 0. The van der Waals surface area contributed by atoms with E-state index in [2.05, 4.69) is 40.0 Å². The molecule has 0 bridgehead atoms. The van der Waals surface area contributed by atoms with Gasteiger partial charge in [-0.1, -0.05) is 25.4 Å². The number of benzene rings is 2. The topological polar surface area (TPSA) is 50.8 Å². The molecule has 5 nitrogen and oxygen atoms in total. The van der Waals surface area contributed by atoms with Crippen LogP contribution < -0.4 is 14.8 Å². The van der Waals surface area contributed by atoms with Crippen LogP contribution in [0.2, 0.25) is 5.02 Å². The highest BCUT2D eigenvalue weighted by atomic mass is 79.9. The number of carbonyl (C=O) groups excluding carboxylic acids is 1. The maximum atomic E-state index is 14.0. The van der Waals surface area contributed by atoms with Gasteiger partial charge in [-0.3, -0.25) is 4.79 Å². The minimum atomic E-state index is -1.45. The van der Waals surface area contributed by atoms with Crippen LogP contribution >= 0.6 is 27.5 Å². The summed E-state index contributed by atoms with van der Waals surface area (Å²) in [6.07, 6.45) is 0. The van der Waals surface area contributed by atoms with Crippen LogP contribution in [0.3, 0.4) is 0 Å². The van der Waals surface area contributed by atoms with Gasteiger partial charge in [-0.15, -0.1) is 0 Å². The Morgan fingerprint density at radius 1 is 1.13 bits per heavy atom. The summed E-state index contributed by atoms with van der Waals surface area (Å²) in [5, 5.41) is 1.82. The maximum Gasteiger partial charge on any atom is 0.262 e. The highest BCUT2D eigenvalue weighted by Gasteiger charge is 2.23. The van der Waals surface area contributed by atoms with Crippen molar-refractivity contribution < 1.29 is 27.4 Å². The summed E-state index contributed by atoms with van der Waals surface area (Å²) in [5.74, 6) is -4.92. The fourth-order valence-corrected chi connectivity index (χ4v) is 3.48. The van der Waals surface area contributed by atoms with Gasteiger partial charge in [-0.25, -0.2) is 8.78 Å². The quantitative estimate of drug-likeness (QED) is 0.414. The number of carbonyl (C=O) groups is 1. The lowest BCUT2D eigenvalue weighted by Gasteiger charge is -2.18. The Morgan fingerprint density at radius 3 is 2.42 bits per heavy atom. The third kappa shape index (κ3) is 6.51. The third-order valence-electron chi connectivity index (χ3n) is 4.57. The molecule has 0 spiro atoms. The van der Waals surface area contributed by atoms with Crippen LogP contribution in [0.15, 0.2) is 22.7 Å². The first-order valence-electron chi connectivity index (χ1n) is 9.59. The number of nitrogens with zero attached hydrogens (tertiary/aromatic N) is 1. The van der Waals surface area contributed by atoms with E-state index in [-0.39, 0.29) is 0 Å². The molecule has 0 saturated heterocycles. The minimum Gasteiger partial charge on any atom is -0.491 e. The van der Waals surface area contributed by atoms with E-state index < -0.39 is 46.3 Å². The van der Waals surface area contributed by atoms with Crippen molar-refractivity contribution in [2.45, 2.75) is 20.8 Å².